The number of amides is 2. The summed E-state index contributed by atoms with van der Waals surface area (Å²) in [5.74, 6) is -5.10. The van der Waals surface area contributed by atoms with Crippen molar-refractivity contribution < 1.29 is 45.0 Å². The molecule has 2 heterocycles. The van der Waals surface area contributed by atoms with Crippen molar-refractivity contribution in [2.45, 2.75) is 48.7 Å². The molecule has 276 valence electrons. The number of aromatic nitrogens is 1. The molecule has 16 heteroatoms. The van der Waals surface area contributed by atoms with Gasteiger partial charge < -0.3 is 25.4 Å². The number of hydrogen-bond acceptors (Lipinski definition) is 8. The fourth-order valence-electron chi connectivity index (χ4n) is 6.36. The van der Waals surface area contributed by atoms with E-state index >= 15 is 4.39 Å². The van der Waals surface area contributed by atoms with Crippen LogP contribution in [0.1, 0.15) is 36.0 Å². The first-order chi connectivity index (χ1) is 24.8. The van der Waals surface area contributed by atoms with Crippen LogP contribution >= 0.6 is 0 Å². The van der Waals surface area contributed by atoms with Crippen LogP contribution < -0.4 is 20.7 Å². The molecule has 0 spiro atoms. The summed E-state index contributed by atoms with van der Waals surface area (Å²) in [4.78, 5) is 30.6. The lowest BCUT2D eigenvalue weighted by Gasteiger charge is -2.40. The van der Waals surface area contributed by atoms with Gasteiger partial charge in [-0.05, 0) is 79.4 Å². The molecule has 1 fully saturated rings. The van der Waals surface area contributed by atoms with Crippen molar-refractivity contribution in [3.8, 4) is 5.75 Å². The lowest BCUT2D eigenvalue weighted by atomic mass is 9.84. The summed E-state index contributed by atoms with van der Waals surface area (Å²) in [6.45, 7) is 2.41. The van der Waals surface area contributed by atoms with Gasteiger partial charge in [0.2, 0.25) is 15.9 Å². The van der Waals surface area contributed by atoms with E-state index in [2.05, 4.69) is 20.9 Å². The van der Waals surface area contributed by atoms with Gasteiger partial charge in [0.15, 0.2) is 0 Å². The molecular weight excluding hydrogens is 706 g/mol. The van der Waals surface area contributed by atoms with Gasteiger partial charge in [-0.1, -0.05) is 12.1 Å². The number of carbonyl (C=O) groups excluding carboxylic acids is 2. The molecule has 3 aromatic carbocycles. The molecule has 4 atom stereocenters. The number of benzene rings is 3. The van der Waals surface area contributed by atoms with Gasteiger partial charge in [-0.3, -0.25) is 9.78 Å². The van der Waals surface area contributed by atoms with Crippen LogP contribution in [-0.4, -0.2) is 75.1 Å². The van der Waals surface area contributed by atoms with E-state index in [1.807, 2.05) is 0 Å². The quantitative estimate of drug-likeness (QED) is 0.170. The molecule has 3 N–H and O–H groups in total. The number of alkyl carbamates (subject to hydrolysis) is 1. The number of pyridine rings is 1. The van der Waals surface area contributed by atoms with Gasteiger partial charge in [0.1, 0.15) is 35.1 Å². The molecule has 5 rings (SSSR count). The minimum absolute atomic E-state index is 0.00433. The number of ether oxygens (including phenoxy) is 2. The van der Waals surface area contributed by atoms with Crippen molar-refractivity contribution in [3.63, 3.8) is 0 Å². The predicted octanol–water partition coefficient (Wildman–Crippen LogP) is 5.13. The Bertz CT molecular complexity index is 1980. The lowest BCUT2D eigenvalue weighted by molar-refractivity contribution is -0.118. The normalized spacial score (nSPS) is 17.5. The van der Waals surface area contributed by atoms with E-state index in [0.29, 0.717) is 18.4 Å². The number of halogens is 4. The average Bonchev–Trinajstić information content (AvgIpc) is 3.11. The van der Waals surface area contributed by atoms with Crippen LogP contribution in [0.25, 0.3) is 0 Å². The van der Waals surface area contributed by atoms with Crippen molar-refractivity contribution in [2.75, 3.05) is 32.6 Å². The maximum atomic E-state index is 15.5. The standard InChI is InChI=1S/C36H37F4N5O6S/c1-21-17-41-18-27(45(21)52(48,49)29-11-9-28(50-2)10-12-29)8-13-30-31(40)19-42-20-32(30)43-35(46)34(44-36(47)51-3)33(22-4-6-24(37)7-5-22)23-14-25(38)16-26(39)15-23/h4-7,9-12,14-16,19-21,27,33-34,41H,8,13,17-18H2,1-3H3,(H,43,46)(H,44,47). The molecule has 0 radical (unpaired) electrons. The van der Waals surface area contributed by atoms with E-state index in [4.69, 9.17) is 9.47 Å². The SMILES string of the molecule is COC(=O)NC(C(=O)Nc1cncc(F)c1CCC1CNCC(C)N1S(=O)(=O)c1ccc(OC)cc1)C(c1ccc(F)cc1)c1cc(F)cc(F)c1. The predicted molar refractivity (Wildman–Crippen MR) is 183 cm³/mol. The zero-order chi connectivity index (χ0) is 37.6. The Hall–Kier alpha value is -5.06. The fourth-order valence-corrected chi connectivity index (χ4v) is 8.21. The molecule has 1 saturated heterocycles. The number of hydrogen-bond donors (Lipinski definition) is 3. The topological polar surface area (TPSA) is 139 Å². The van der Waals surface area contributed by atoms with Gasteiger partial charge in [0, 0.05) is 42.7 Å². The minimum Gasteiger partial charge on any atom is -0.497 e. The van der Waals surface area contributed by atoms with Gasteiger partial charge in [0.05, 0.1) is 37.2 Å². The summed E-state index contributed by atoms with van der Waals surface area (Å²) >= 11 is 0. The molecule has 52 heavy (non-hydrogen) atoms. The third-order valence-corrected chi connectivity index (χ3v) is 10.9. The number of rotatable bonds is 12. The summed E-state index contributed by atoms with van der Waals surface area (Å²) < 4.78 is 97.4. The number of methoxy groups -OCH3 is 2. The van der Waals surface area contributed by atoms with Crippen LogP contribution in [0.15, 0.2) is 84.0 Å². The van der Waals surface area contributed by atoms with Crippen LogP contribution in [0.4, 0.5) is 28.0 Å². The molecule has 11 nitrogen and oxygen atoms in total. The van der Waals surface area contributed by atoms with E-state index in [1.165, 1.54) is 41.9 Å². The second-order valence-corrected chi connectivity index (χ2v) is 14.0. The van der Waals surface area contributed by atoms with Crippen molar-refractivity contribution in [2.24, 2.45) is 0 Å². The zero-order valence-corrected chi connectivity index (χ0v) is 29.2. The van der Waals surface area contributed by atoms with Gasteiger partial charge in [-0.2, -0.15) is 4.31 Å². The lowest BCUT2D eigenvalue weighted by Crippen LogP contribution is -2.58. The van der Waals surface area contributed by atoms with Crippen molar-refractivity contribution in [1.29, 1.82) is 0 Å². The first-order valence-corrected chi connectivity index (χ1v) is 17.6. The van der Waals surface area contributed by atoms with Crippen LogP contribution in [-0.2, 0) is 26.0 Å². The second kappa shape index (κ2) is 16.5. The Labute approximate surface area is 298 Å². The molecule has 1 aliphatic rings. The van der Waals surface area contributed by atoms with Crippen LogP contribution in [0.3, 0.4) is 0 Å². The molecule has 1 aliphatic heterocycles. The fraction of sp³-hybridized carbons (Fsp3) is 0.306. The largest absolute Gasteiger partial charge is 0.497 e. The van der Waals surface area contributed by atoms with Crippen molar-refractivity contribution >= 4 is 27.7 Å². The third-order valence-electron chi connectivity index (χ3n) is 8.79. The van der Waals surface area contributed by atoms with Crippen LogP contribution in [0, 0.1) is 23.3 Å². The minimum atomic E-state index is -3.99. The molecule has 4 unspecified atom stereocenters. The van der Waals surface area contributed by atoms with E-state index in [9.17, 15) is 31.2 Å². The smallest absolute Gasteiger partial charge is 0.407 e. The number of anilines is 1. The van der Waals surface area contributed by atoms with Crippen LogP contribution in [0.2, 0.25) is 0 Å². The molecular formula is C36H37F4N5O6S. The summed E-state index contributed by atoms with van der Waals surface area (Å²) in [6.07, 6.45) is 1.14. The Kier molecular flexibility index (Phi) is 12.1. The Morgan fingerprint density at radius 2 is 1.60 bits per heavy atom. The van der Waals surface area contributed by atoms with E-state index < -0.39 is 69.3 Å². The summed E-state index contributed by atoms with van der Waals surface area (Å²) in [5.41, 5.74) is 0.0367. The van der Waals surface area contributed by atoms with Gasteiger partial charge in [0.25, 0.3) is 0 Å². The monoisotopic (exact) mass is 743 g/mol. The van der Waals surface area contributed by atoms with E-state index in [0.717, 1.165) is 37.6 Å². The highest BCUT2D eigenvalue weighted by atomic mass is 32.2. The summed E-state index contributed by atoms with van der Waals surface area (Å²) in [5, 5.41) is 8.19. The van der Waals surface area contributed by atoms with E-state index in [1.54, 1.807) is 19.1 Å². The van der Waals surface area contributed by atoms with Crippen molar-refractivity contribution in [1.82, 2.24) is 19.9 Å². The number of nitrogens with one attached hydrogen (secondary N) is 3. The molecule has 1 aromatic heterocycles. The van der Waals surface area contributed by atoms with Crippen LogP contribution in [0.5, 0.6) is 5.75 Å². The molecule has 0 aliphatic carbocycles. The molecule has 2 amide bonds. The number of sulfonamides is 1. The number of carbonyl (C=O) groups is 2. The second-order valence-electron chi connectivity index (χ2n) is 12.2. The maximum absolute atomic E-state index is 15.5. The first-order valence-electron chi connectivity index (χ1n) is 16.2. The number of piperazine rings is 1. The molecule has 0 bridgehead atoms. The van der Waals surface area contributed by atoms with Gasteiger partial charge >= 0.3 is 6.09 Å². The van der Waals surface area contributed by atoms with Crippen molar-refractivity contribution in [3.05, 3.63) is 119 Å². The molecule has 0 saturated carbocycles. The highest BCUT2D eigenvalue weighted by Crippen LogP contribution is 2.32. The highest BCUT2D eigenvalue weighted by Gasteiger charge is 2.38. The maximum Gasteiger partial charge on any atom is 0.407 e. The Balaban J connectivity index is 1.46. The third kappa shape index (κ3) is 8.69. The number of nitrogens with zero attached hydrogens (tertiary/aromatic N) is 2. The first kappa shape index (κ1) is 38.2. The van der Waals surface area contributed by atoms with E-state index in [-0.39, 0.29) is 46.7 Å². The summed E-state index contributed by atoms with van der Waals surface area (Å²) in [6, 6.07) is 10.6. The molecule has 4 aromatic rings. The summed E-state index contributed by atoms with van der Waals surface area (Å²) in [7, 11) is -1.47. The zero-order valence-electron chi connectivity index (χ0n) is 28.4. The van der Waals surface area contributed by atoms with Gasteiger partial charge in [-0.25, -0.2) is 30.8 Å². The Morgan fingerprint density at radius 1 is 0.923 bits per heavy atom. The highest BCUT2D eigenvalue weighted by molar-refractivity contribution is 7.89. The average molecular weight is 744 g/mol. The van der Waals surface area contributed by atoms with Gasteiger partial charge in [-0.15, -0.1) is 0 Å². The Morgan fingerprint density at radius 3 is 2.23 bits per heavy atom.